The van der Waals surface area contributed by atoms with Gasteiger partial charge in [-0.1, -0.05) is 30.8 Å². The van der Waals surface area contributed by atoms with E-state index in [1.165, 1.54) is 22.9 Å². The van der Waals surface area contributed by atoms with Crippen LogP contribution < -0.4 is 0 Å². The molecule has 0 N–H and O–H groups in total. The molecule has 0 aliphatic rings. The van der Waals surface area contributed by atoms with Crippen molar-refractivity contribution >= 4 is 28.6 Å². The number of carbonyl (C=O) groups excluding carboxylic acids is 1. The van der Waals surface area contributed by atoms with Crippen LogP contribution in [0.4, 0.5) is 0 Å². The Morgan fingerprint density at radius 3 is 2.76 bits per heavy atom. The highest BCUT2D eigenvalue weighted by molar-refractivity contribution is 7.99. The summed E-state index contributed by atoms with van der Waals surface area (Å²) in [6.45, 7) is 7.88. The van der Waals surface area contributed by atoms with Crippen LogP contribution in [0.3, 0.4) is 0 Å². The van der Waals surface area contributed by atoms with E-state index in [0.717, 1.165) is 22.3 Å². The number of thioether (sulfide) groups is 1. The minimum Gasteiger partial charge on any atom is -0.462 e. The zero-order valence-electron chi connectivity index (χ0n) is 13.0. The van der Waals surface area contributed by atoms with Gasteiger partial charge in [-0.05, 0) is 50.5 Å². The van der Waals surface area contributed by atoms with Gasteiger partial charge in [0.1, 0.15) is 5.03 Å². The van der Waals surface area contributed by atoms with Gasteiger partial charge in [-0.3, -0.25) is 4.79 Å². The lowest BCUT2D eigenvalue weighted by molar-refractivity contribution is -0.144. The van der Waals surface area contributed by atoms with Crippen molar-refractivity contribution in [3.8, 4) is 0 Å². The van der Waals surface area contributed by atoms with Crippen LogP contribution >= 0.6 is 11.8 Å². The highest BCUT2D eigenvalue weighted by atomic mass is 32.2. The second kappa shape index (κ2) is 6.94. The van der Waals surface area contributed by atoms with Gasteiger partial charge in [0.25, 0.3) is 0 Å². The quantitative estimate of drug-likeness (QED) is 0.614. The Labute approximate surface area is 130 Å². The van der Waals surface area contributed by atoms with Crippen LogP contribution in [0.1, 0.15) is 31.9 Å². The van der Waals surface area contributed by atoms with Gasteiger partial charge in [-0.2, -0.15) is 0 Å². The van der Waals surface area contributed by atoms with Crippen LogP contribution in [0, 0.1) is 6.92 Å². The number of carbonyl (C=O) groups is 1. The molecule has 0 unspecified atom stereocenters. The van der Waals surface area contributed by atoms with E-state index in [1.807, 2.05) is 13.8 Å². The maximum atomic E-state index is 11.7. The second-order valence-corrected chi connectivity index (χ2v) is 6.29. The van der Waals surface area contributed by atoms with Crippen molar-refractivity contribution in [1.29, 1.82) is 0 Å². The molecule has 0 aliphatic carbocycles. The number of fused-ring (bicyclic) bond motifs is 1. The summed E-state index contributed by atoms with van der Waals surface area (Å²) in [5.74, 6) is 0.110. The first-order valence-electron chi connectivity index (χ1n) is 7.22. The SMILES string of the molecule is CCc1cc2ccc(C)cc2nc1SCC(=O)OC(C)C. The maximum absolute atomic E-state index is 11.7. The molecule has 4 heteroatoms. The molecule has 0 radical (unpaired) electrons. The first-order chi connectivity index (χ1) is 9.99. The van der Waals surface area contributed by atoms with Gasteiger partial charge in [0, 0.05) is 5.39 Å². The van der Waals surface area contributed by atoms with Crippen LogP contribution in [-0.2, 0) is 16.0 Å². The number of ether oxygens (including phenoxy) is 1. The molecular formula is C17H21NO2S. The first kappa shape index (κ1) is 15.8. The zero-order valence-corrected chi connectivity index (χ0v) is 13.8. The predicted octanol–water partition coefficient (Wildman–Crippen LogP) is 4.15. The number of aryl methyl sites for hydroxylation is 2. The summed E-state index contributed by atoms with van der Waals surface area (Å²) in [6.07, 6.45) is 0.828. The lowest BCUT2D eigenvalue weighted by Crippen LogP contribution is -2.13. The minimum absolute atomic E-state index is 0.0732. The molecule has 2 aromatic rings. The van der Waals surface area contributed by atoms with E-state index in [-0.39, 0.29) is 12.1 Å². The normalized spacial score (nSPS) is 11.1. The lowest BCUT2D eigenvalue weighted by atomic mass is 10.1. The van der Waals surface area contributed by atoms with Crippen molar-refractivity contribution in [3.63, 3.8) is 0 Å². The lowest BCUT2D eigenvalue weighted by Gasteiger charge is -2.10. The number of hydrogen-bond acceptors (Lipinski definition) is 4. The summed E-state index contributed by atoms with van der Waals surface area (Å²) >= 11 is 1.46. The van der Waals surface area contributed by atoms with Gasteiger partial charge in [0.05, 0.1) is 17.4 Å². The van der Waals surface area contributed by atoms with Gasteiger partial charge < -0.3 is 4.74 Å². The summed E-state index contributed by atoms with van der Waals surface area (Å²) in [5.41, 5.74) is 3.34. The molecule has 2 rings (SSSR count). The Hall–Kier alpha value is -1.55. The first-order valence-corrected chi connectivity index (χ1v) is 8.20. The topological polar surface area (TPSA) is 39.2 Å². The minimum atomic E-state index is -0.191. The molecule has 0 saturated heterocycles. The van der Waals surface area contributed by atoms with E-state index in [9.17, 15) is 4.79 Å². The smallest absolute Gasteiger partial charge is 0.316 e. The highest BCUT2D eigenvalue weighted by Crippen LogP contribution is 2.26. The third-order valence-corrected chi connectivity index (χ3v) is 4.09. The van der Waals surface area contributed by atoms with Crippen LogP contribution in [-0.4, -0.2) is 22.8 Å². The molecule has 0 fully saturated rings. The number of rotatable bonds is 5. The molecule has 0 atom stereocenters. The molecule has 0 spiro atoms. The van der Waals surface area contributed by atoms with Gasteiger partial charge >= 0.3 is 5.97 Å². The summed E-state index contributed by atoms with van der Waals surface area (Å²) in [4.78, 5) is 16.4. The molecule has 0 aliphatic heterocycles. The number of hydrogen-bond donors (Lipinski definition) is 0. The largest absolute Gasteiger partial charge is 0.462 e. The third-order valence-electron chi connectivity index (χ3n) is 3.09. The summed E-state index contributed by atoms with van der Waals surface area (Å²) < 4.78 is 5.16. The fourth-order valence-electron chi connectivity index (χ4n) is 2.11. The third kappa shape index (κ3) is 4.21. The molecule has 0 saturated carbocycles. The standard InChI is InChI=1S/C17H21NO2S/c1-5-13-9-14-7-6-12(4)8-15(14)18-17(13)21-10-16(19)20-11(2)3/h6-9,11H,5,10H2,1-4H3. The number of esters is 1. The molecule has 1 aromatic carbocycles. The molecule has 0 bridgehead atoms. The molecule has 3 nitrogen and oxygen atoms in total. The molecule has 0 amide bonds. The fourth-order valence-corrected chi connectivity index (χ4v) is 2.98. The molecular weight excluding hydrogens is 282 g/mol. The van der Waals surface area contributed by atoms with Crippen molar-refractivity contribution in [2.75, 3.05) is 5.75 Å². The van der Waals surface area contributed by atoms with Gasteiger partial charge in [0.2, 0.25) is 0 Å². The van der Waals surface area contributed by atoms with E-state index >= 15 is 0 Å². The summed E-state index contributed by atoms with van der Waals surface area (Å²) in [6, 6.07) is 8.43. The Balaban J connectivity index is 2.23. The van der Waals surface area contributed by atoms with Crippen molar-refractivity contribution in [2.24, 2.45) is 0 Å². The van der Waals surface area contributed by atoms with Crippen LogP contribution in [0.5, 0.6) is 0 Å². The Morgan fingerprint density at radius 2 is 2.10 bits per heavy atom. The maximum Gasteiger partial charge on any atom is 0.316 e. The Morgan fingerprint density at radius 1 is 1.33 bits per heavy atom. The summed E-state index contributed by atoms with van der Waals surface area (Å²) in [7, 11) is 0. The van der Waals surface area contributed by atoms with Crippen LogP contribution in [0.25, 0.3) is 10.9 Å². The van der Waals surface area contributed by atoms with Gasteiger partial charge in [-0.15, -0.1) is 0 Å². The molecule has 21 heavy (non-hydrogen) atoms. The Kier molecular flexibility index (Phi) is 5.23. The van der Waals surface area contributed by atoms with Gasteiger partial charge in [0.15, 0.2) is 0 Å². The number of nitrogens with zero attached hydrogens (tertiary/aromatic N) is 1. The van der Waals surface area contributed by atoms with Crippen molar-refractivity contribution < 1.29 is 9.53 Å². The van der Waals surface area contributed by atoms with Gasteiger partial charge in [-0.25, -0.2) is 4.98 Å². The average molecular weight is 303 g/mol. The Bertz CT molecular complexity index is 653. The highest BCUT2D eigenvalue weighted by Gasteiger charge is 2.11. The summed E-state index contributed by atoms with van der Waals surface area (Å²) in [5, 5.41) is 2.07. The average Bonchev–Trinajstić information content (AvgIpc) is 2.43. The fraction of sp³-hybridized carbons (Fsp3) is 0.412. The van der Waals surface area contributed by atoms with Crippen molar-refractivity contribution in [1.82, 2.24) is 4.98 Å². The van der Waals surface area contributed by atoms with E-state index in [2.05, 4.69) is 38.1 Å². The monoisotopic (exact) mass is 303 g/mol. The number of pyridine rings is 1. The van der Waals surface area contributed by atoms with Crippen LogP contribution in [0.15, 0.2) is 29.3 Å². The van der Waals surface area contributed by atoms with E-state index < -0.39 is 0 Å². The number of aromatic nitrogens is 1. The zero-order chi connectivity index (χ0) is 15.4. The number of benzene rings is 1. The van der Waals surface area contributed by atoms with Crippen molar-refractivity contribution in [3.05, 3.63) is 35.4 Å². The van der Waals surface area contributed by atoms with Crippen molar-refractivity contribution in [2.45, 2.75) is 45.2 Å². The molecule has 1 aromatic heterocycles. The molecule has 1 heterocycles. The van der Waals surface area contributed by atoms with Crippen LogP contribution in [0.2, 0.25) is 0 Å². The van der Waals surface area contributed by atoms with E-state index in [0.29, 0.717) is 5.75 Å². The predicted molar refractivity (Wildman–Crippen MR) is 87.8 cm³/mol. The van der Waals surface area contributed by atoms with E-state index in [4.69, 9.17) is 9.72 Å². The van der Waals surface area contributed by atoms with E-state index in [1.54, 1.807) is 0 Å². The second-order valence-electron chi connectivity index (χ2n) is 5.33. The molecule has 112 valence electrons.